The van der Waals surface area contributed by atoms with E-state index < -0.39 is 0 Å². The van der Waals surface area contributed by atoms with Crippen LogP contribution < -0.4 is 15.0 Å². The van der Waals surface area contributed by atoms with E-state index in [1.807, 2.05) is 18.2 Å². The van der Waals surface area contributed by atoms with Crippen molar-refractivity contribution >= 4 is 5.69 Å². The number of hydrogen-bond acceptors (Lipinski definition) is 3. The second-order valence-corrected chi connectivity index (χ2v) is 7.20. The van der Waals surface area contributed by atoms with Crippen LogP contribution in [0.25, 0.3) is 0 Å². The highest BCUT2D eigenvalue weighted by Gasteiger charge is 2.20. The molecule has 0 spiro atoms. The number of nitrogens with zero attached hydrogens (tertiary/aromatic N) is 1. The normalized spacial score (nSPS) is 16.8. The third-order valence-corrected chi connectivity index (χ3v) is 4.82. The predicted molar refractivity (Wildman–Crippen MR) is 110 cm³/mol. The number of allylic oxidation sites excluding steroid dienone is 1. The van der Waals surface area contributed by atoms with E-state index in [9.17, 15) is 0 Å². The molecule has 1 saturated heterocycles. The van der Waals surface area contributed by atoms with E-state index in [4.69, 9.17) is 4.74 Å². The monoisotopic (exact) mass is 350 g/mol. The number of benzene rings is 2. The molecular weight excluding hydrogens is 320 g/mol. The molecule has 1 unspecified atom stereocenters. The van der Waals surface area contributed by atoms with Crippen LogP contribution >= 0.6 is 0 Å². The minimum Gasteiger partial charge on any atom is -0.489 e. The summed E-state index contributed by atoms with van der Waals surface area (Å²) in [5.74, 6) is 0.918. The smallest absolute Gasteiger partial charge is 0.119 e. The second kappa shape index (κ2) is 9.44. The zero-order valence-electron chi connectivity index (χ0n) is 15.9. The van der Waals surface area contributed by atoms with Gasteiger partial charge in [-0.2, -0.15) is 0 Å². The fraction of sp³-hybridized carbons (Fsp3) is 0.391. The Kier molecular flexibility index (Phi) is 6.73. The van der Waals surface area contributed by atoms with E-state index in [1.54, 1.807) is 0 Å². The van der Waals surface area contributed by atoms with Crippen molar-refractivity contribution in [2.24, 2.45) is 0 Å². The molecule has 3 rings (SSSR count). The van der Waals surface area contributed by atoms with Crippen molar-refractivity contribution in [3.05, 3.63) is 71.8 Å². The number of anilines is 1. The summed E-state index contributed by atoms with van der Waals surface area (Å²) in [5.41, 5.74) is 3.82. The topological polar surface area (TPSA) is 24.5 Å². The van der Waals surface area contributed by atoms with E-state index in [1.165, 1.54) is 29.7 Å². The van der Waals surface area contributed by atoms with Gasteiger partial charge in [0.05, 0.1) is 0 Å². The maximum atomic E-state index is 5.93. The minimum absolute atomic E-state index is 0.551. The Morgan fingerprint density at radius 3 is 2.54 bits per heavy atom. The maximum Gasteiger partial charge on any atom is 0.119 e. The lowest BCUT2D eigenvalue weighted by molar-refractivity contribution is 0.306. The van der Waals surface area contributed by atoms with Crippen LogP contribution in [-0.4, -0.2) is 25.7 Å². The first-order chi connectivity index (χ1) is 12.7. The van der Waals surface area contributed by atoms with Crippen LogP contribution in [0, 0.1) is 0 Å². The van der Waals surface area contributed by atoms with Crippen molar-refractivity contribution < 1.29 is 4.74 Å². The zero-order chi connectivity index (χ0) is 18.2. The number of piperidine rings is 1. The number of nitrogens with one attached hydrogen (secondary N) is 1. The summed E-state index contributed by atoms with van der Waals surface area (Å²) in [5, 5.41) is 3.54. The molecule has 0 aromatic heterocycles. The van der Waals surface area contributed by atoms with Gasteiger partial charge in [-0.25, -0.2) is 0 Å². The van der Waals surface area contributed by atoms with Crippen LogP contribution in [0.15, 0.2) is 66.2 Å². The molecule has 3 nitrogen and oxygen atoms in total. The van der Waals surface area contributed by atoms with Gasteiger partial charge in [0.1, 0.15) is 12.4 Å². The van der Waals surface area contributed by atoms with Crippen molar-refractivity contribution in [2.75, 3.05) is 24.5 Å². The molecule has 2 aromatic rings. The molecule has 26 heavy (non-hydrogen) atoms. The molecule has 138 valence electrons. The van der Waals surface area contributed by atoms with Gasteiger partial charge in [-0.3, -0.25) is 0 Å². The van der Waals surface area contributed by atoms with Crippen LogP contribution in [0.1, 0.15) is 32.3 Å². The molecule has 1 heterocycles. The van der Waals surface area contributed by atoms with Crippen molar-refractivity contribution in [1.82, 2.24) is 5.32 Å². The zero-order valence-corrected chi connectivity index (χ0v) is 15.9. The summed E-state index contributed by atoms with van der Waals surface area (Å²) < 4.78 is 5.93. The predicted octanol–water partition coefficient (Wildman–Crippen LogP) is 4.79. The molecule has 3 heteroatoms. The van der Waals surface area contributed by atoms with E-state index in [-0.39, 0.29) is 0 Å². The van der Waals surface area contributed by atoms with Gasteiger partial charge < -0.3 is 15.0 Å². The molecule has 1 fully saturated rings. The maximum absolute atomic E-state index is 5.93. The van der Waals surface area contributed by atoms with Crippen molar-refractivity contribution in [3.8, 4) is 5.75 Å². The number of hydrogen-bond donors (Lipinski definition) is 1. The lowest BCUT2D eigenvalue weighted by atomic mass is 10.0. The van der Waals surface area contributed by atoms with Crippen LogP contribution in [0.4, 0.5) is 5.69 Å². The van der Waals surface area contributed by atoms with Crippen LogP contribution in [0.5, 0.6) is 5.75 Å². The fourth-order valence-electron chi connectivity index (χ4n) is 3.32. The minimum atomic E-state index is 0.551. The third-order valence-electron chi connectivity index (χ3n) is 4.82. The Morgan fingerprint density at radius 1 is 1.12 bits per heavy atom. The highest BCUT2D eigenvalue weighted by Crippen LogP contribution is 2.24. The summed E-state index contributed by atoms with van der Waals surface area (Å²) in [6, 6.07) is 19.4. The van der Waals surface area contributed by atoms with Gasteiger partial charge >= 0.3 is 0 Å². The van der Waals surface area contributed by atoms with E-state index >= 15 is 0 Å². The van der Waals surface area contributed by atoms with Gasteiger partial charge in [-0.15, -0.1) is 0 Å². The van der Waals surface area contributed by atoms with Gasteiger partial charge in [0, 0.05) is 24.8 Å². The second-order valence-electron chi connectivity index (χ2n) is 7.20. The van der Waals surface area contributed by atoms with Crippen LogP contribution in [0.3, 0.4) is 0 Å². The Hall–Kier alpha value is -2.26. The first-order valence-corrected chi connectivity index (χ1v) is 9.60. The Bertz CT molecular complexity index is 684. The summed E-state index contributed by atoms with van der Waals surface area (Å²) in [6.45, 7) is 8.09. The van der Waals surface area contributed by atoms with E-state index in [0.717, 1.165) is 25.4 Å². The number of ether oxygens (including phenoxy) is 1. The summed E-state index contributed by atoms with van der Waals surface area (Å²) >= 11 is 0. The van der Waals surface area contributed by atoms with Gasteiger partial charge in [0.2, 0.25) is 0 Å². The summed E-state index contributed by atoms with van der Waals surface area (Å²) in [6.07, 6.45) is 4.80. The van der Waals surface area contributed by atoms with Crippen molar-refractivity contribution in [2.45, 2.75) is 39.3 Å². The van der Waals surface area contributed by atoms with Gasteiger partial charge in [0.15, 0.2) is 0 Å². The average Bonchev–Trinajstić information content (AvgIpc) is 2.69. The van der Waals surface area contributed by atoms with E-state index in [2.05, 4.69) is 66.5 Å². The lowest BCUT2D eigenvalue weighted by Crippen LogP contribution is -2.46. The standard InChI is InChI=1S/C23H30N2O/c1-19(2)14-16-25(22-9-6-15-24-17-22)21-10-12-23(13-11-21)26-18-20-7-4-3-5-8-20/h3-5,7-8,10-14,22,24H,6,9,15-18H2,1-2H3. The molecule has 1 atom stereocenters. The molecule has 0 saturated carbocycles. The van der Waals surface area contributed by atoms with Gasteiger partial charge in [-0.1, -0.05) is 42.0 Å². The van der Waals surface area contributed by atoms with Crippen LogP contribution in [0.2, 0.25) is 0 Å². The Balaban J connectivity index is 1.67. The Labute approximate surface area is 157 Å². The molecule has 0 amide bonds. The quantitative estimate of drug-likeness (QED) is 0.727. The molecule has 1 N–H and O–H groups in total. The van der Waals surface area contributed by atoms with Crippen LogP contribution in [-0.2, 0) is 6.61 Å². The summed E-state index contributed by atoms with van der Waals surface area (Å²) in [4.78, 5) is 2.51. The molecule has 2 aromatic carbocycles. The first-order valence-electron chi connectivity index (χ1n) is 9.60. The van der Waals surface area contributed by atoms with E-state index in [0.29, 0.717) is 12.6 Å². The molecule has 0 aliphatic carbocycles. The molecular formula is C23H30N2O. The first kappa shape index (κ1) is 18.5. The number of rotatable bonds is 7. The lowest BCUT2D eigenvalue weighted by Gasteiger charge is -2.36. The molecule has 1 aliphatic rings. The fourth-order valence-corrected chi connectivity index (χ4v) is 3.32. The average molecular weight is 351 g/mol. The van der Waals surface area contributed by atoms with Crippen molar-refractivity contribution in [1.29, 1.82) is 0 Å². The molecule has 1 aliphatic heterocycles. The van der Waals surface area contributed by atoms with Gasteiger partial charge in [0.25, 0.3) is 0 Å². The SMILES string of the molecule is CC(C)=CCN(c1ccc(OCc2ccccc2)cc1)C1CCCNC1. The van der Waals surface area contributed by atoms with Crippen molar-refractivity contribution in [3.63, 3.8) is 0 Å². The van der Waals surface area contributed by atoms with Gasteiger partial charge in [-0.05, 0) is 63.1 Å². The third kappa shape index (κ3) is 5.37. The largest absolute Gasteiger partial charge is 0.489 e. The highest BCUT2D eigenvalue weighted by atomic mass is 16.5. The summed E-state index contributed by atoms with van der Waals surface area (Å²) in [7, 11) is 0. The highest BCUT2D eigenvalue weighted by molar-refractivity contribution is 5.51. The molecule has 0 radical (unpaired) electrons. The molecule has 0 bridgehead atoms. The Morgan fingerprint density at radius 2 is 1.88 bits per heavy atom.